The third kappa shape index (κ3) is 2.47. The molecule has 0 saturated heterocycles. The predicted molar refractivity (Wildman–Crippen MR) is 95.6 cm³/mol. The number of hydrogen-bond acceptors (Lipinski definition) is 4. The summed E-state index contributed by atoms with van der Waals surface area (Å²) in [4.78, 5) is 13.4. The van der Waals surface area contributed by atoms with Crippen LogP contribution in [0.5, 0.6) is 5.75 Å². The van der Waals surface area contributed by atoms with Gasteiger partial charge in [0.25, 0.3) is 0 Å². The molecule has 2 aromatic carbocycles. The highest BCUT2D eigenvalue weighted by Gasteiger charge is 2.32. The summed E-state index contributed by atoms with van der Waals surface area (Å²) in [6.07, 6.45) is 0.407. The van der Waals surface area contributed by atoms with Crippen LogP contribution < -0.4 is 10.1 Å². The molecule has 3 aromatic rings. The normalized spacial score (nSPS) is 16.4. The zero-order valence-corrected chi connectivity index (χ0v) is 14.0. The first-order chi connectivity index (χ1) is 11.8. The second-order valence-electron chi connectivity index (χ2n) is 5.68. The summed E-state index contributed by atoms with van der Waals surface area (Å²) < 4.78 is 10.1. The Morgan fingerprint density at radius 2 is 1.88 bits per heavy atom. The number of amides is 1. The van der Waals surface area contributed by atoms with Gasteiger partial charge in [0.05, 0.1) is 17.7 Å². The van der Waals surface area contributed by atoms with Crippen LogP contribution in [0.15, 0.2) is 54.6 Å². The zero-order valence-electron chi connectivity index (χ0n) is 13.2. The summed E-state index contributed by atoms with van der Waals surface area (Å²) >= 11 is 1.45. The molecule has 0 saturated carbocycles. The minimum atomic E-state index is -0.0279. The van der Waals surface area contributed by atoms with E-state index in [0.717, 1.165) is 33.1 Å². The van der Waals surface area contributed by atoms with Crippen molar-refractivity contribution < 1.29 is 9.53 Å². The lowest BCUT2D eigenvalue weighted by Gasteiger charge is -2.24. The van der Waals surface area contributed by atoms with E-state index in [1.54, 1.807) is 7.11 Å². The number of rotatable bonds is 3. The Labute approximate surface area is 144 Å². The van der Waals surface area contributed by atoms with E-state index in [0.29, 0.717) is 6.42 Å². The van der Waals surface area contributed by atoms with Crippen LogP contribution in [0.2, 0.25) is 0 Å². The fourth-order valence-corrected chi connectivity index (χ4v) is 4.09. The number of ether oxygens (including phenoxy) is 1. The van der Waals surface area contributed by atoms with E-state index in [9.17, 15) is 4.79 Å². The molecule has 0 aliphatic carbocycles. The van der Waals surface area contributed by atoms with Crippen molar-refractivity contribution in [2.45, 2.75) is 12.3 Å². The van der Waals surface area contributed by atoms with Crippen molar-refractivity contribution >= 4 is 23.1 Å². The van der Waals surface area contributed by atoms with Crippen molar-refractivity contribution in [1.82, 2.24) is 4.37 Å². The molecule has 0 bridgehead atoms. The molecule has 0 fully saturated rings. The van der Waals surface area contributed by atoms with Crippen LogP contribution in [0.4, 0.5) is 5.69 Å². The minimum absolute atomic E-state index is 0.00999. The van der Waals surface area contributed by atoms with E-state index in [1.165, 1.54) is 11.5 Å². The van der Waals surface area contributed by atoms with Gasteiger partial charge in [0.1, 0.15) is 11.4 Å². The van der Waals surface area contributed by atoms with Crippen LogP contribution in [-0.4, -0.2) is 17.4 Å². The molecule has 4 nitrogen and oxygen atoms in total. The van der Waals surface area contributed by atoms with E-state index in [4.69, 9.17) is 4.74 Å². The Kier molecular flexibility index (Phi) is 3.78. The number of aromatic nitrogens is 1. The van der Waals surface area contributed by atoms with Gasteiger partial charge < -0.3 is 10.1 Å². The average molecular weight is 336 g/mol. The summed E-state index contributed by atoms with van der Waals surface area (Å²) in [5.41, 5.74) is 3.71. The Morgan fingerprint density at radius 3 is 2.67 bits per heavy atom. The molecule has 0 spiro atoms. The molecule has 5 heteroatoms. The molecule has 1 aromatic heterocycles. The monoisotopic (exact) mass is 336 g/mol. The van der Waals surface area contributed by atoms with Gasteiger partial charge in [0.15, 0.2) is 0 Å². The summed E-state index contributed by atoms with van der Waals surface area (Å²) in [5.74, 6) is 0.786. The van der Waals surface area contributed by atoms with Gasteiger partial charge in [-0.25, -0.2) is 0 Å². The van der Waals surface area contributed by atoms with Crippen molar-refractivity contribution in [3.8, 4) is 17.0 Å². The van der Waals surface area contributed by atoms with Crippen molar-refractivity contribution in [3.05, 3.63) is 65.0 Å². The van der Waals surface area contributed by atoms with Crippen LogP contribution in [0.1, 0.15) is 22.8 Å². The molecule has 1 aliphatic rings. The smallest absolute Gasteiger partial charge is 0.225 e. The van der Waals surface area contributed by atoms with Gasteiger partial charge >= 0.3 is 0 Å². The van der Waals surface area contributed by atoms with Gasteiger partial charge in [-0.15, -0.1) is 0 Å². The fraction of sp³-hybridized carbons (Fsp3) is 0.158. The van der Waals surface area contributed by atoms with Gasteiger partial charge in [0, 0.05) is 23.5 Å². The van der Waals surface area contributed by atoms with Crippen molar-refractivity contribution in [3.63, 3.8) is 0 Å². The number of benzene rings is 2. The number of methoxy groups -OCH3 is 1. The van der Waals surface area contributed by atoms with Crippen molar-refractivity contribution in [2.75, 3.05) is 12.4 Å². The lowest BCUT2D eigenvalue weighted by molar-refractivity contribution is -0.116. The largest absolute Gasteiger partial charge is 0.496 e. The molecule has 1 N–H and O–H groups in total. The van der Waals surface area contributed by atoms with Crippen LogP contribution >= 0.6 is 11.5 Å². The lowest BCUT2D eigenvalue weighted by atomic mass is 9.89. The molecule has 2 heterocycles. The van der Waals surface area contributed by atoms with Gasteiger partial charge in [-0.2, -0.15) is 4.37 Å². The predicted octanol–water partition coefficient (Wildman–Crippen LogP) is 4.29. The van der Waals surface area contributed by atoms with Crippen molar-refractivity contribution in [1.29, 1.82) is 0 Å². The van der Waals surface area contributed by atoms with Gasteiger partial charge in [-0.05, 0) is 17.6 Å². The maximum absolute atomic E-state index is 12.3. The summed E-state index contributed by atoms with van der Waals surface area (Å²) in [6, 6.07) is 17.8. The Balaban J connectivity index is 1.84. The average Bonchev–Trinajstić information content (AvgIpc) is 3.05. The summed E-state index contributed by atoms with van der Waals surface area (Å²) in [7, 11) is 1.66. The standard InChI is InChI=1S/C19H16N2O2S/c1-23-15-10-6-5-9-13(15)14-11-16(22)20-18-17(21-24-19(14)18)12-7-3-2-4-8-12/h2-10,14H,11H2,1H3,(H,20,22). The molecule has 1 atom stereocenters. The number of carbonyl (C=O) groups excluding carboxylic acids is 1. The highest BCUT2D eigenvalue weighted by atomic mass is 32.1. The quantitative estimate of drug-likeness (QED) is 0.776. The van der Waals surface area contributed by atoms with E-state index in [1.807, 2.05) is 54.6 Å². The highest BCUT2D eigenvalue weighted by molar-refractivity contribution is 7.07. The highest BCUT2D eigenvalue weighted by Crippen LogP contribution is 2.46. The van der Waals surface area contributed by atoms with Crippen LogP contribution in [0, 0.1) is 0 Å². The fourth-order valence-electron chi connectivity index (χ4n) is 3.13. The number of nitrogens with zero attached hydrogens (tertiary/aromatic N) is 1. The van der Waals surface area contributed by atoms with E-state index in [-0.39, 0.29) is 11.8 Å². The second kappa shape index (κ2) is 6.09. The molecule has 0 radical (unpaired) electrons. The topological polar surface area (TPSA) is 51.2 Å². The van der Waals surface area contributed by atoms with Gasteiger partial charge in [-0.1, -0.05) is 48.5 Å². The first-order valence-electron chi connectivity index (χ1n) is 7.75. The number of anilines is 1. The van der Waals surface area contributed by atoms with Gasteiger partial charge in [0.2, 0.25) is 5.91 Å². The third-order valence-corrected chi connectivity index (χ3v) is 5.21. The number of hydrogen-bond donors (Lipinski definition) is 1. The number of fused-ring (bicyclic) bond motifs is 1. The first kappa shape index (κ1) is 14.9. The Morgan fingerprint density at radius 1 is 1.12 bits per heavy atom. The molecule has 4 rings (SSSR count). The summed E-state index contributed by atoms with van der Waals surface area (Å²) in [5, 5.41) is 3.01. The molecule has 1 amide bonds. The van der Waals surface area contributed by atoms with Crippen LogP contribution in [-0.2, 0) is 4.79 Å². The van der Waals surface area contributed by atoms with E-state index >= 15 is 0 Å². The lowest BCUT2D eigenvalue weighted by Crippen LogP contribution is -2.22. The molecule has 24 heavy (non-hydrogen) atoms. The molecular weight excluding hydrogens is 320 g/mol. The maximum Gasteiger partial charge on any atom is 0.225 e. The third-order valence-electron chi connectivity index (χ3n) is 4.25. The number of para-hydroxylation sites is 1. The molecular formula is C19H16N2O2S. The second-order valence-corrected chi connectivity index (χ2v) is 6.49. The van der Waals surface area contributed by atoms with Gasteiger partial charge in [-0.3, -0.25) is 4.79 Å². The minimum Gasteiger partial charge on any atom is -0.496 e. The number of carbonyl (C=O) groups is 1. The van der Waals surface area contributed by atoms with Crippen molar-refractivity contribution in [2.24, 2.45) is 0 Å². The molecule has 120 valence electrons. The SMILES string of the molecule is COc1ccccc1C1CC(=O)Nc2c(-c3ccccc3)nsc21. The van der Waals surface area contributed by atoms with Crippen LogP contribution in [0.25, 0.3) is 11.3 Å². The molecule has 1 aliphatic heterocycles. The molecule has 1 unspecified atom stereocenters. The Hall–Kier alpha value is -2.66. The van der Waals surface area contributed by atoms with E-state index < -0.39 is 0 Å². The van der Waals surface area contributed by atoms with E-state index in [2.05, 4.69) is 9.69 Å². The zero-order chi connectivity index (χ0) is 16.5. The summed E-state index contributed by atoms with van der Waals surface area (Å²) in [6.45, 7) is 0. The first-order valence-corrected chi connectivity index (χ1v) is 8.53. The maximum atomic E-state index is 12.3. The Bertz CT molecular complexity index is 889. The number of nitrogens with one attached hydrogen (secondary N) is 1. The van der Waals surface area contributed by atoms with Crippen LogP contribution in [0.3, 0.4) is 0 Å².